The average molecular weight is 263 g/mol. The van der Waals surface area contributed by atoms with Crippen LogP contribution in [0.1, 0.15) is 26.2 Å². The van der Waals surface area contributed by atoms with Crippen molar-refractivity contribution >= 4 is 17.3 Å². The van der Waals surface area contributed by atoms with Crippen molar-refractivity contribution in [3.63, 3.8) is 0 Å². The van der Waals surface area contributed by atoms with Crippen LogP contribution >= 0.6 is 0 Å². The van der Waals surface area contributed by atoms with E-state index in [1.807, 2.05) is 4.90 Å². The average Bonchev–Trinajstić information content (AvgIpc) is 2.42. The minimum Gasteiger partial charge on any atom is -0.352 e. The largest absolute Gasteiger partial charge is 0.352 e. The van der Waals surface area contributed by atoms with Gasteiger partial charge in [0.2, 0.25) is 0 Å². The molecule has 1 aliphatic rings. The van der Waals surface area contributed by atoms with Crippen molar-refractivity contribution in [3.05, 3.63) is 30.1 Å². The zero-order valence-corrected chi connectivity index (χ0v) is 11.0. The minimum atomic E-state index is -0.294. The van der Waals surface area contributed by atoms with Crippen molar-refractivity contribution in [2.24, 2.45) is 5.10 Å². The van der Waals surface area contributed by atoms with Crippen LogP contribution in [0.4, 0.5) is 10.1 Å². The summed E-state index contributed by atoms with van der Waals surface area (Å²) in [6.07, 6.45) is 3.37. The van der Waals surface area contributed by atoms with Crippen LogP contribution in [0.25, 0.3) is 0 Å². The van der Waals surface area contributed by atoms with Gasteiger partial charge in [-0.05, 0) is 43.5 Å². The van der Waals surface area contributed by atoms with Gasteiger partial charge in [0, 0.05) is 20.0 Å². The van der Waals surface area contributed by atoms with Crippen LogP contribution in [0.3, 0.4) is 0 Å². The van der Waals surface area contributed by atoms with Crippen molar-refractivity contribution < 1.29 is 9.18 Å². The Balaban J connectivity index is 2.07. The van der Waals surface area contributed by atoms with Crippen LogP contribution in [-0.4, -0.2) is 29.6 Å². The molecule has 1 heterocycles. The third-order valence-electron chi connectivity index (χ3n) is 3.11. The molecule has 0 atom stereocenters. The molecule has 0 unspecified atom stereocenters. The molecule has 0 aliphatic carbocycles. The summed E-state index contributed by atoms with van der Waals surface area (Å²) in [7, 11) is 0. The van der Waals surface area contributed by atoms with Gasteiger partial charge in [-0.2, -0.15) is 5.10 Å². The molecule has 1 N–H and O–H groups in total. The van der Waals surface area contributed by atoms with Crippen LogP contribution in [0.5, 0.6) is 0 Å². The molecule has 5 heteroatoms. The van der Waals surface area contributed by atoms with E-state index in [2.05, 4.69) is 10.5 Å². The molecule has 0 spiro atoms. The maximum absolute atomic E-state index is 12.8. The standard InChI is InChI=1S/C14H18FN3O/c1-11(19)14(18-9-3-2-4-10-18)17-16-13-7-5-12(15)6-8-13/h5-8,16H,2-4,9-10H2,1H3/b17-14+. The van der Waals surface area contributed by atoms with E-state index in [0.717, 1.165) is 25.9 Å². The lowest BCUT2D eigenvalue weighted by Gasteiger charge is -2.28. The smallest absolute Gasteiger partial charge is 0.196 e. The molecule has 1 aromatic rings. The van der Waals surface area contributed by atoms with Crippen molar-refractivity contribution in [2.45, 2.75) is 26.2 Å². The second-order valence-electron chi connectivity index (χ2n) is 4.66. The topological polar surface area (TPSA) is 44.7 Å². The summed E-state index contributed by atoms with van der Waals surface area (Å²) in [6, 6.07) is 5.89. The summed E-state index contributed by atoms with van der Waals surface area (Å²) in [5, 5.41) is 4.17. The minimum absolute atomic E-state index is 0.0588. The molecule has 19 heavy (non-hydrogen) atoms. The van der Waals surface area contributed by atoms with Crippen LogP contribution in [-0.2, 0) is 4.79 Å². The highest BCUT2D eigenvalue weighted by Crippen LogP contribution is 2.12. The fourth-order valence-corrected chi connectivity index (χ4v) is 2.12. The Morgan fingerprint density at radius 2 is 1.84 bits per heavy atom. The van der Waals surface area contributed by atoms with Crippen molar-refractivity contribution in [1.82, 2.24) is 4.90 Å². The van der Waals surface area contributed by atoms with Gasteiger partial charge in [-0.1, -0.05) is 0 Å². The first-order valence-corrected chi connectivity index (χ1v) is 6.52. The lowest BCUT2D eigenvalue weighted by atomic mass is 10.1. The SMILES string of the molecule is CC(=O)/C(=N\Nc1ccc(F)cc1)N1CCCCC1. The highest BCUT2D eigenvalue weighted by Gasteiger charge is 2.18. The highest BCUT2D eigenvalue weighted by atomic mass is 19.1. The molecule has 0 bridgehead atoms. The van der Waals surface area contributed by atoms with Crippen LogP contribution in [0.15, 0.2) is 29.4 Å². The number of ketones is 1. The number of benzene rings is 1. The molecule has 1 saturated heterocycles. The number of nitrogens with one attached hydrogen (secondary N) is 1. The van der Waals surface area contributed by atoms with Crippen molar-refractivity contribution in [1.29, 1.82) is 0 Å². The summed E-state index contributed by atoms with van der Waals surface area (Å²) < 4.78 is 12.8. The first-order chi connectivity index (χ1) is 9.16. The van der Waals surface area contributed by atoms with E-state index in [-0.39, 0.29) is 11.6 Å². The molecule has 0 aromatic heterocycles. The Hall–Kier alpha value is -1.91. The van der Waals surface area contributed by atoms with E-state index < -0.39 is 0 Å². The third kappa shape index (κ3) is 3.77. The molecule has 0 saturated carbocycles. The summed E-state index contributed by atoms with van der Waals surface area (Å²) in [5.74, 6) is 0.0953. The lowest BCUT2D eigenvalue weighted by molar-refractivity contribution is -0.111. The number of hydrogen-bond acceptors (Lipinski definition) is 3. The van der Waals surface area contributed by atoms with Gasteiger partial charge in [0.15, 0.2) is 11.6 Å². The number of halogens is 1. The third-order valence-corrected chi connectivity index (χ3v) is 3.11. The number of hydrogen-bond donors (Lipinski definition) is 1. The number of anilines is 1. The number of rotatable bonds is 3. The molecule has 0 radical (unpaired) electrons. The quantitative estimate of drug-likeness (QED) is 0.518. The predicted molar refractivity (Wildman–Crippen MR) is 73.6 cm³/mol. The molecule has 1 fully saturated rings. The van der Waals surface area contributed by atoms with Gasteiger partial charge in [0.25, 0.3) is 0 Å². The highest BCUT2D eigenvalue weighted by molar-refractivity contribution is 6.37. The lowest BCUT2D eigenvalue weighted by Crippen LogP contribution is -2.39. The predicted octanol–water partition coefficient (Wildman–Crippen LogP) is 2.63. The number of Topliss-reactive ketones (excluding diaryl/α,β-unsaturated/α-hetero) is 1. The summed E-state index contributed by atoms with van der Waals surface area (Å²) in [5.41, 5.74) is 3.47. The fraction of sp³-hybridized carbons (Fsp3) is 0.429. The number of nitrogens with zero attached hydrogens (tertiary/aromatic N) is 2. The summed E-state index contributed by atoms with van der Waals surface area (Å²) in [4.78, 5) is 13.6. The molecule has 102 valence electrons. The molecule has 1 aromatic carbocycles. The maximum Gasteiger partial charge on any atom is 0.196 e. The van der Waals surface area contributed by atoms with Gasteiger partial charge < -0.3 is 4.90 Å². The zero-order chi connectivity index (χ0) is 13.7. The van der Waals surface area contributed by atoms with E-state index in [9.17, 15) is 9.18 Å². The van der Waals surface area contributed by atoms with Gasteiger partial charge in [-0.25, -0.2) is 4.39 Å². The monoisotopic (exact) mass is 263 g/mol. The number of amidine groups is 1. The Labute approximate surface area is 112 Å². The van der Waals surface area contributed by atoms with E-state index in [1.54, 1.807) is 12.1 Å². The van der Waals surface area contributed by atoms with Gasteiger partial charge in [-0.15, -0.1) is 0 Å². The van der Waals surface area contributed by atoms with Gasteiger partial charge in [0.05, 0.1) is 5.69 Å². The van der Waals surface area contributed by atoms with Crippen LogP contribution in [0, 0.1) is 5.82 Å². The van der Waals surface area contributed by atoms with E-state index in [4.69, 9.17) is 0 Å². The Bertz CT molecular complexity index is 464. The van der Waals surface area contributed by atoms with E-state index in [1.165, 1.54) is 25.5 Å². The number of hydrazone groups is 1. The Morgan fingerprint density at radius 1 is 1.21 bits per heavy atom. The molecule has 0 amide bonds. The molecular formula is C14H18FN3O. The second kappa shape index (κ2) is 6.31. The normalized spacial score (nSPS) is 16.3. The first-order valence-electron chi connectivity index (χ1n) is 6.52. The molecule has 1 aliphatic heterocycles. The molecular weight excluding hydrogens is 245 g/mol. The van der Waals surface area contributed by atoms with E-state index in [0.29, 0.717) is 11.5 Å². The second-order valence-corrected chi connectivity index (χ2v) is 4.66. The Kier molecular flexibility index (Phi) is 4.49. The van der Waals surface area contributed by atoms with Gasteiger partial charge in [-0.3, -0.25) is 10.2 Å². The van der Waals surface area contributed by atoms with Crippen LogP contribution in [0.2, 0.25) is 0 Å². The van der Waals surface area contributed by atoms with Crippen LogP contribution < -0.4 is 5.43 Å². The van der Waals surface area contributed by atoms with E-state index >= 15 is 0 Å². The summed E-state index contributed by atoms with van der Waals surface area (Å²) >= 11 is 0. The number of carbonyl (C=O) groups excluding carboxylic acids is 1. The maximum atomic E-state index is 12.8. The van der Waals surface area contributed by atoms with Crippen molar-refractivity contribution in [2.75, 3.05) is 18.5 Å². The fourth-order valence-electron chi connectivity index (χ4n) is 2.12. The van der Waals surface area contributed by atoms with Gasteiger partial charge >= 0.3 is 0 Å². The number of piperidine rings is 1. The first kappa shape index (κ1) is 13.5. The zero-order valence-electron chi connectivity index (χ0n) is 11.0. The van der Waals surface area contributed by atoms with Crippen molar-refractivity contribution in [3.8, 4) is 0 Å². The van der Waals surface area contributed by atoms with Gasteiger partial charge in [0.1, 0.15) is 5.82 Å². The number of carbonyl (C=O) groups is 1. The summed E-state index contributed by atoms with van der Waals surface area (Å²) in [6.45, 7) is 3.24. The Morgan fingerprint density at radius 3 is 2.42 bits per heavy atom. The molecule has 2 rings (SSSR count). The molecule has 4 nitrogen and oxygen atoms in total. The number of likely N-dealkylation sites (tertiary alicyclic amines) is 1.